The van der Waals surface area contributed by atoms with Gasteiger partial charge < -0.3 is 5.73 Å². The minimum Gasteiger partial charge on any atom is -0.383 e. The summed E-state index contributed by atoms with van der Waals surface area (Å²) in [7, 11) is 0. The summed E-state index contributed by atoms with van der Waals surface area (Å²) in [6.07, 6.45) is 0. The van der Waals surface area contributed by atoms with Crippen LogP contribution in [-0.2, 0) is 0 Å². The summed E-state index contributed by atoms with van der Waals surface area (Å²) in [6, 6.07) is 39.1. The third-order valence-corrected chi connectivity index (χ3v) is 7.24. The minimum absolute atomic E-state index is 0.595. The van der Waals surface area contributed by atoms with Crippen LogP contribution in [0.2, 0.25) is 0 Å². The summed E-state index contributed by atoms with van der Waals surface area (Å²) in [5.41, 5.74) is 13.9. The molecule has 0 aliphatic carbocycles. The summed E-state index contributed by atoms with van der Waals surface area (Å²) in [5, 5.41) is 1.89. The molecule has 174 valence electrons. The largest absolute Gasteiger partial charge is 0.383 e. The number of imidazole rings is 1. The zero-order valence-corrected chi connectivity index (χ0v) is 20.6. The molecule has 0 amide bonds. The highest BCUT2D eigenvalue weighted by molar-refractivity contribution is 7.18. The lowest BCUT2D eigenvalue weighted by atomic mass is 10.1. The molecule has 0 saturated heterocycles. The van der Waals surface area contributed by atoms with E-state index in [1.54, 1.807) is 11.3 Å². The van der Waals surface area contributed by atoms with E-state index in [0.29, 0.717) is 5.82 Å². The zero-order valence-electron chi connectivity index (χ0n) is 19.8. The van der Waals surface area contributed by atoms with Gasteiger partial charge in [0.25, 0.3) is 0 Å². The van der Waals surface area contributed by atoms with Crippen LogP contribution in [0.3, 0.4) is 0 Å². The molecule has 5 heteroatoms. The van der Waals surface area contributed by atoms with Crippen molar-refractivity contribution in [3.8, 4) is 49.5 Å². The fourth-order valence-electron chi connectivity index (χ4n) is 4.30. The third-order valence-electron chi connectivity index (χ3n) is 6.15. The molecule has 0 aliphatic heterocycles. The number of hydrogen-bond donors (Lipinski definition) is 1. The van der Waals surface area contributed by atoms with E-state index in [2.05, 4.69) is 60.0 Å². The molecule has 4 nitrogen and oxygen atoms in total. The van der Waals surface area contributed by atoms with Crippen molar-refractivity contribution in [1.29, 1.82) is 0 Å². The Morgan fingerprint density at radius 2 is 1.11 bits per heavy atom. The van der Waals surface area contributed by atoms with Gasteiger partial charge in [0.15, 0.2) is 0 Å². The highest BCUT2D eigenvalue weighted by Gasteiger charge is 2.24. The van der Waals surface area contributed by atoms with Crippen LogP contribution in [0.4, 0.5) is 5.82 Å². The van der Waals surface area contributed by atoms with Gasteiger partial charge in [0, 0.05) is 22.3 Å². The predicted molar refractivity (Wildman–Crippen MR) is 150 cm³/mol. The molecule has 2 N–H and O–H groups in total. The summed E-state index contributed by atoms with van der Waals surface area (Å²) >= 11 is 1.63. The smallest absolute Gasteiger partial charge is 0.147 e. The summed E-state index contributed by atoms with van der Waals surface area (Å²) in [6.45, 7) is 2.09. The summed E-state index contributed by atoms with van der Waals surface area (Å²) in [5.74, 6) is 1.39. The number of anilines is 1. The van der Waals surface area contributed by atoms with Gasteiger partial charge in [0.05, 0.1) is 0 Å². The molecule has 2 heterocycles. The van der Waals surface area contributed by atoms with E-state index in [1.165, 1.54) is 5.56 Å². The fraction of sp³-hybridized carbons (Fsp3) is 0.0323. The summed E-state index contributed by atoms with van der Waals surface area (Å²) in [4.78, 5) is 10.2. The van der Waals surface area contributed by atoms with Crippen LogP contribution in [0.5, 0.6) is 0 Å². The van der Waals surface area contributed by atoms with Crippen molar-refractivity contribution < 1.29 is 0 Å². The van der Waals surface area contributed by atoms with E-state index < -0.39 is 0 Å². The van der Waals surface area contributed by atoms with Gasteiger partial charge in [-0.25, -0.2) is 9.97 Å². The van der Waals surface area contributed by atoms with Crippen molar-refractivity contribution in [2.45, 2.75) is 6.92 Å². The fourth-order valence-corrected chi connectivity index (χ4v) is 5.41. The average molecular weight is 485 g/mol. The van der Waals surface area contributed by atoms with Gasteiger partial charge in [-0.15, -0.1) is 0 Å². The van der Waals surface area contributed by atoms with Crippen molar-refractivity contribution in [3.63, 3.8) is 0 Å². The van der Waals surface area contributed by atoms with E-state index in [0.717, 1.165) is 49.5 Å². The monoisotopic (exact) mass is 484 g/mol. The lowest BCUT2D eigenvalue weighted by Crippen LogP contribution is -2.02. The topological polar surface area (TPSA) is 56.7 Å². The molecule has 0 aliphatic rings. The Morgan fingerprint density at radius 3 is 1.69 bits per heavy atom. The summed E-state index contributed by atoms with van der Waals surface area (Å²) < 4.78 is 2.07. The van der Waals surface area contributed by atoms with E-state index in [-0.39, 0.29) is 0 Å². The zero-order chi connectivity index (χ0) is 24.5. The standard InChI is InChI=1S/C31H24N4S/c1-21-17-19-24(20-18-21)29-33-26(22-11-5-2-6-12-22)28(32)35(29)31-27(23-13-7-3-8-14-23)34-30(36-31)25-15-9-4-10-16-25/h2-20H,32H2,1H3. The number of aromatic nitrogens is 3. The third kappa shape index (κ3) is 4.00. The van der Waals surface area contributed by atoms with Crippen LogP contribution >= 0.6 is 11.3 Å². The molecule has 6 aromatic rings. The quantitative estimate of drug-likeness (QED) is 0.271. The first kappa shape index (κ1) is 22.0. The first-order chi connectivity index (χ1) is 17.7. The number of nitrogens with zero attached hydrogens (tertiary/aromatic N) is 3. The number of rotatable bonds is 5. The number of hydrogen-bond acceptors (Lipinski definition) is 4. The average Bonchev–Trinajstić information content (AvgIpc) is 3.52. The molecule has 0 spiro atoms. The maximum Gasteiger partial charge on any atom is 0.147 e. The minimum atomic E-state index is 0.595. The van der Waals surface area contributed by atoms with Gasteiger partial charge in [-0.05, 0) is 6.92 Å². The molecular formula is C31H24N4S. The molecule has 6 rings (SSSR count). The van der Waals surface area contributed by atoms with Crippen molar-refractivity contribution in [2.75, 3.05) is 5.73 Å². The van der Waals surface area contributed by atoms with Crippen LogP contribution in [0.25, 0.3) is 49.5 Å². The Labute approximate surface area is 214 Å². The van der Waals surface area contributed by atoms with Crippen molar-refractivity contribution >= 4 is 17.2 Å². The van der Waals surface area contributed by atoms with Crippen LogP contribution in [0.1, 0.15) is 5.56 Å². The molecule has 0 fully saturated rings. The molecule has 0 saturated carbocycles. The Balaban J connectivity index is 1.65. The molecule has 36 heavy (non-hydrogen) atoms. The first-order valence-corrected chi connectivity index (χ1v) is 12.6. The number of aryl methyl sites for hydroxylation is 1. The highest BCUT2D eigenvalue weighted by atomic mass is 32.1. The second-order valence-corrected chi connectivity index (χ2v) is 9.62. The van der Waals surface area contributed by atoms with Crippen LogP contribution < -0.4 is 5.73 Å². The van der Waals surface area contributed by atoms with E-state index in [4.69, 9.17) is 15.7 Å². The van der Waals surface area contributed by atoms with Gasteiger partial charge in [0.1, 0.15) is 33.0 Å². The second kappa shape index (κ2) is 9.29. The maximum atomic E-state index is 6.91. The Kier molecular flexibility index (Phi) is 5.68. The normalized spacial score (nSPS) is 11.0. The molecule has 4 aromatic carbocycles. The lowest BCUT2D eigenvalue weighted by molar-refractivity contribution is 1.10. The van der Waals surface area contributed by atoms with Crippen molar-refractivity contribution in [3.05, 3.63) is 121 Å². The molecule has 0 unspecified atom stereocenters. The predicted octanol–water partition coefficient (Wildman–Crippen LogP) is 7.89. The van der Waals surface area contributed by atoms with Crippen molar-refractivity contribution in [2.24, 2.45) is 0 Å². The van der Waals surface area contributed by atoms with Gasteiger partial charge in [0.2, 0.25) is 0 Å². The number of nitrogen functional groups attached to an aromatic ring is 1. The SMILES string of the molecule is Cc1ccc(-c2nc(-c3ccccc3)c(N)n2-c2sc(-c3ccccc3)nc2-c2ccccc2)cc1. The Hall–Kier alpha value is -4.48. The molecule has 0 atom stereocenters. The van der Waals surface area contributed by atoms with Gasteiger partial charge >= 0.3 is 0 Å². The Bertz CT molecular complexity index is 1620. The molecule has 0 radical (unpaired) electrons. The second-order valence-electron chi connectivity index (χ2n) is 8.64. The molecule has 0 bridgehead atoms. The van der Waals surface area contributed by atoms with E-state index >= 15 is 0 Å². The number of benzene rings is 4. The van der Waals surface area contributed by atoms with E-state index in [1.807, 2.05) is 66.7 Å². The number of nitrogens with two attached hydrogens (primary N) is 1. The maximum absolute atomic E-state index is 6.91. The van der Waals surface area contributed by atoms with Gasteiger partial charge in [-0.3, -0.25) is 4.57 Å². The highest BCUT2D eigenvalue weighted by Crippen LogP contribution is 2.42. The van der Waals surface area contributed by atoms with Gasteiger partial charge in [-0.1, -0.05) is 132 Å². The van der Waals surface area contributed by atoms with Crippen LogP contribution in [0.15, 0.2) is 115 Å². The van der Waals surface area contributed by atoms with Crippen molar-refractivity contribution in [1.82, 2.24) is 14.5 Å². The Morgan fingerprint density at radius 1 is 0.583 bits per heavy atom. The van der Waals surface area contributed by atoms with Gasteiger partial charge in [-0.2, -0.15) is 0 Å². The molecule has 2 aromatic heterocycles. The molecular weight excluding hydrogens is 460 g/mol. The first-order valence-electron chi connectivity index (χ1n) is 11.8. The lowest BCUT2D eigenvalue weighted by Gasteiger charge is -2.10. The van der Waals surface area contributed by atoms with Crippen LogP contribution in [-0.4, -0.2) is 14.5 Å². The van der Waals surface area contributed by atoms with E-state index in [9.17, 15) is 0 Å². The number of thiazole rings is 1. The van der Waals surface area contributed by atoms with Crippen LogP contribution in [0, 0.1) is 6.92 Å².